The molecular formula is C13H29NO2. The van der Waals surface area contributed by atoms with E-state index in [9.17, 15) is 4.79 Å². The van der Waals surface area contributed by atoms with Gasteiger partial charge in [0.15, 0.2) is 0 Å². The van der Waals surface area contributed by atoms with Gasteiger partial charge >= 0.3 is 5.97 Å². The summed E-state index contributed by atoms with van der Waals surface area (Å²) in [5.41, 5.74) is 0.565. The van der Waals surface area contributed by atoms with Gasteiger partial charge in [-0.05, 0) is 33.2 Å². The minimum Gasteiger partial charge on any atom is -0.481 e. The summed E-state index contributed by atoms with van der Waals surface area (Å²) in [6.45, 7) is 15.6. The highest BCUT2D eigenvalue weighted by atomic mass is 16.4. The highest BCUT2D eigenvalue weighted by Gasteiger charge is 2.16. The van der Waals surface area contributed by atoms with Gasteiger partial charge in [0.1, 0.15) is 0 Å². The molecule has 0 bridgehead atoms. The van der Waals surface area contributed by atoms with Gasteiger partial charge in [-0.3, -0.25) is 4.79 Å². The van der Waals surface area contributed by atoms with Crippen LogP contribution in [0.1, 0.15) is 54.9 Å². The van der Waals surface area contributed by atoms with E-state index >= 15 is 0 Å². The second kappa shape index (κ2) is 6.89. The van der Waals surface area contributed by atoms with E-state index in [-0.39, 0.29) is 12.0 Å². The average Bonchev–Trinajstić information content (AvgIpc) is 1.94. The number of nitrogens with zero attached hydrogens (tertiary/aromatic N) is 1. The predicted octanol–water partition coefficient (Wildman–Crippen LogP) is 3.24. The Labute approximate surface area is 101 Å². The second-order valence-electron chi connectivity index (χ2n) is 6.74. The molecule has 98 valence electrons. The number of carboxylic acid groups (broad SMARTS) is 1. The Morgan fingerprint density at radius 3 is 1.56 bits per heavy atom. The molecule has 0 radical (unpaired) electrons. The van der Waals surface area contributed by atoms with Crippen LogP contribution in [-0.4, -0.2) is 35.1 Å². The van der Waals surface area contributed by atoms with Gasteiger partial charge in [0, 0.05) is 12.1 Å². The molecule has 1 N–H and O–H groups in total. The molecule has 0 aliphatic carbocycles. The molecule has 0 unspecified atom stereocenters. The van der Waals surface area contributed by atoms with E-state index in [4.69, 9.17) is 5.11 Å². The molecule has 0 aromatic carbocycles. The fraction of sp³-hybridized carbons (Fsp3) is 0.923. The minimum atomic E-state index is -0.735. The Bertz CT molecular complexity index is 193. The van der Waals surface area contributed by atoms with E-state index in [1.165, 1.54) is 0 Å². The molecule has 0 aromatic heterocycles. The molecule has 0 aliphatic rings. The van der Waals surface area contributed by atoms with Crippen LogP contribution in [-0.2, 0) is 4.79 Å². The van der Waals surface area contributed by atoms with Gasteiger partial charge in [-0.25, -0.2) is 0 Å². The summed E-state index contributed by atoms with van der Waals surface area (Å²) in [4.78, 5) is 12.2. The lowest BCUT2D eigenvalue weighted by atomic mass is 10.0. The summed E-state index contributed by atoms with van der Waals surface area (Å²) in [5, 5.41) is 8.40. The fourth-order valence-corrected chi connectivity index (χ4v) is 0.599. The molecule has 0 saturated carbocycles. The molecule has 0 heterocycles. The molecule has 0 spiro atoms. The highest BCUT2D eigenvalue weighted by Crippen LogP contribution is 2.10. The summed E-state index contributed by atoms with van der Waals surface area (Å²) < 4.78 is 0. The van der Waals surface area contributed by atoms with Gasteiger partial charge in [0.2, 0.25) is 0 Å². The van der Waals surface area contributed by atoms with Gasteiger partial charge in [0.25, 0.3) is 0 Å². The van der Waals surface area contributed by atoms with Crippen molar-refractivity contribution in [3.05, 3.63) is 0 Å². The molecular weight excluding hydrogens is 202 g/mol. The van der Waals surface area contributed by atoms with Crippen molar-refractivity contribution >= 4 is 5.97 Å². The van der Waals surface area contributed by atoms with Crippen molar-refractivity contribution in [3.8, 4) is 0 Å². The zero-order valence-electron chi connectivity index (χ0n) is 12.2. The Kier molecular flexibility index (Phi) is 7.68. The lowest BCUT2D eigenvalue weighted by Crippen LogP contribution is -2.39. The molecule has 0 atom stereocenters. The van der Waals surface area contributed by atoms with Crippen LogP contribution in [0.25, 0.3) is 0 Å². The predicted molar refractivity (Wildman–Crippen MR) is 69.8 cm³/mol. The van der Waals surface area contributed by atoms with Crippen molar-refractivity contribution in [2.24, 2.45) is 5.41 Å². The molecule has 3 heteroatoms. The molecule has 0 aromatic rings. The van der Waals surface area contributed by atoms with Gasteiger partial charge < -0.3 is 10.0 Å². The van der Waals surface area contributed by atoms with E-state index in [2.05, 4.69) is 48.5 Å². The SMILES string of the molecule is CC(C)(C)C.CN(CCC(=O)O)C(C)(C)C. The van der Waals surface area contributed by atoms with Crippen LogP contribution < -0.4 is 0 Å². The molecule has 0 aliphatic heterocycles. The van der Waals surface area contributed by atoms with Crippen LogP contribution in [0.15, 0.2) is 0 Å². The molecule has 0 rings (SSSR count). The van der Waals surface area contributed by atoms with Crippen molar-refractivity contribution in [1.29, 1.82) is 0 Å². The van der Waals surface area contributed by atoms with Gasteiger partial charge in [-0.1, -0.05) is 27.7 Å². The number of hydrogen-bond donors (Lipinski definition) is 1. The number of rotatable bonds is 3. The van der Waals surface area contributed by atoms with E-state index in [1.54, 1.807) is 0 Å². The van der Waals surface area contributed by atoms with Gasteiger partial charge in [-0.15, -0.1) is 0 Å². The number of carboxylic acids is 1. The van der Waals surface area contributed by atoms with Gasteiger partial charge in [0.05, 0.1) is 6.42 Å². The van der Waals surface area contributed by atoms with Crippen LogP contribution in [0.5, 0.6) is 0 Å². The quantitative estimate of drug-likeness (QED) is 0.810. The third-order valence-corrected chi connectivity index (χ3v) is 1.81. The molecule has 0 amide bonds. The standard InChI is InChI=1S/C8H17NO2.C5H12/c1-8(2,3)9(4)6-5-7(10)11;1-5(2,3)4/h5-6H2,1-4H3,(H,10,11);1-4H3. The van der Waals surface area contributed by atoms with Crippen LogP contribution in [0.3, 0.4) is 0 Å². The van der Waals surface area contributed by atoms with Crippen molar-refractivity contribution in [2.75, 3.05) is 13.6 Å². The van der Waals surface area contributed by atoms with E-state index in [0.717, 1.165) is 0 Å². The Morgan fingerprint density at radius 1 is 1.06 bits per heavy atom. The maximum Gasteiger partial charge on any atom is 0.304 e. The highest BCUT2D eigenvalue weighted by molar-refractivity contribution is 5.66. The zero-order valence-corrected chi connectivity index (χ0v) is 12.2. The van der Waals surface area contributed by atoms with Crippen LogP contribution >= 0.6 is 0 Å². The monoisotopic (exact) mass is 231 g/mol. The lowest BCUT2D eigenvalue weighted by Gasteiger charge is -2.31. The summed E-state index contributed by atoms with van der Waals surface area (Å²) in [6.07, 6.45) is 0.216. The van der Waals surface area contributed by atoms with E-state index in [1.807, 2.05) is 11.9 Å². The second-order valence-corrected chi connectivity index (χ2v) is 6.74. The smallest absolute Gasteiger partial charge is 0.304 e. The minimum absolute atomic E-state index is 0.0649. The average molecular weight is 231 g/mol. The Morgan fingerprint density at radius 2 is 1.38 bits per heavy atom. The van der Waals surface area contributed by atoms with E-state index in [0.29, 0.717) is 12.0 Å². The van der Waals surface area contributed by atoms with Crippen molar-refractivity contribution < 1.29 is 9.90 Å². The summed E-state index contributed by atoms with van der Waals surface area (Å²) >= 11 is 0. The molecule has 0 fully saturated rings. The topological polar surface area (TPSA) is 40.5 Å². The van der Waals surface area contributed by atoms with Crippen molar-refractivity contribution in [3.63, 3.8) is 0 Å². The first kappa shape index (κ1) is 17.8. The summed E-state index contributed by atoms with van der Waals surface area (Å²) in [5.74, 6) is -0.735. The first-order chi connectivity index (χ1) is 6.84. The van der Waals surface area contributed by atoms with Gasteiger partial charge in [-0.2, -0.15) is 0 Å². The third kappa shape index (κ3) is 19.1. The maximum absolute atomic E-state index is 10.2. The first-order valence-corrected chi connectivity index (χ1v) is 5.77. The Hall–Kier alpha value is -0.570. The van der Waals surface area contributed by atoms with Crippen LogP contribution in [0.4, 0.5) is 0 Å². The fourth-order valence-electron chi connectivity index (χ4n) is 0.599. The maximum atomic E-state index is 10.2. The molecule has 3 nitrogen and oxygen atoms in total. The lowest BCUT2D eigenvalue weighted by molar-refractivity contribution is -0.137. The first-order valence-electron chi connectivity index (χ1n) is 5.77. The van der Waals surface area contributed by atoms with E-state index < -0.39 is 5.97 Å². The van der Waals surface area contributed by atoms with Crippen molar-refractivity contribution in [2.45, 2.75) is 60.4 Å². The number of aliphatic carboxylic acids is 1. The summed E-state index contributed by atoms with van der Waals surface area (Å²) in [6, 6.07) is 0. The number of hydrogen-bond acceptors (Lipinski definition) is 2. The molecule has 0 saturated heterocycles. The molecule has 16 heavy (non-hydrogen) atoms. The number of carbonyl (C=O) groups is 1. The largest absolute Gasteiger partial charge is 0.481 e. The zero-order chi connectivity index (χ0) is 13.6. The third-order valence-electron chi connectivity index (χ3n) is 1.81. The van der Waals surface area contributed by atoms with Crippen LogP contribution in [0, 0.1) is 5.41 Å². The Balaban J connectivity index is 0. The summed E-state index contributed by atoms with van der Waals surface area (Å²) in [7, 11) is 1.93. The van der Waals surface area contributed by atoms with Crippen molar-refractivity contribution in [1.82, 2.24) is 4.90 Å². The van der Waals surface area contributed by atoms with Crippen LogP contribution in [0.2, 0.25) is 0 Å². The normalized spacial score (nSPS) is 12.1.